The zero-order chi connectivity index (χ0) is 22.5. The minimum Gasteiger partial charge on any atom is -0.496 e. The first-order valence-corrected chi connectivity index (χ1v) is 11.2. The number of nitrogens with one attached hydrogen (secondary N) is 1. The van der Waals surface area contributed by atoms with Crippen LogP contribution in [0.25, 0.3) is 5.70 Å². The second-order valence-electron chi connectivity index (χ2n) is 7.79. The average Bonchev–Trinajstić information content (AvgIpc) is 3.31. The smallest absolute Gasteiger partial charge is 0.226 e. The van der Waals surface area contributed by atoms with E-state index in [-0.39, 0.29) is 5.82 Å². The van der Waals surface area contributed by atoms with Gasteiger partial charge >= 0.3 is 0 Å². The van der Waals surface area contributed by atoms with Gasteiger partial charge in [-0.1, -0.05) is 46.3 Å². The van der Waals surface area contributed by atoms with E-state index in [1.54, 1.807) is 23.9 Å². The number of nitrogens with zero attached hydrogens (tertiary/aromatic N) is 3. The highest BCUT2D eigenvalue weighted by molar-refractivity contribution is 9.10. The molecule has 33 heavy (non-hydrogen) atoms. The van der Waals surface area contributed by atoms with Gasteiger partial charge in [-0.15, -0.1) is 0 Å². The first-order chi connectivity index (χ1) is 16.2. The van der Waals surface area contributed by atoms with Gasteiger partial charge in [-0.3, -0.25) is 0 Å². The van der Waals surface area contributed by atoms with Crippen LogP contribution < -0.4 is 14.8 Å². The molecule has 1 aromatic heterocycles. The first kappa shape index (κ1) is 20.0. The van der Waals surface area contributed by atoms with Crippen molar-refractivity contribution in [3.05, 3.63) is 106 Å². The summed E-state index contributed by atoms with van der Waals surface area (Å²) in [6, 6.07) is 19.7. The first-order valence-electron chi connectivity index (χ1n) is 10.4. The molecule has 0 radical (unpaired) electrons. The van der Waals surface area contributed by atoms with Crippen LogP contribution in [0.2, 0.25) is 0 Å². The van der Waals surface area contributed by atoms with E-state index in [4.69, 9.17) is 9.47 Å². The molecule has 0 aliphatic carbocycles. The van der Waals surface area contributed by atoms with Crippen molar-refractivity contribution in [2.75, 3.05) is 12.4 Å². The number of ether oxygens (including phenoxy) is 2. The van der Waals surface area contributed by atoms with Gasteiger partial charge in [0.05, 0.1) is 12.8 Å². The van der Waals surface area contributed by atoms with Crippen molar-refractivity contribution >= 4 is 27.6 Å². The number of benzene rings is 3. The molecule has 3 aromatic carbocycles. The largest absolute Gasteiger partial charge is 0.496 e. The Balaban J connectivity index is 1.67. The van der Waals surface area contributed by atoms with Gasteiger partial charge < -0.3 is 14.8 Å². The fourth-order valence-electron chi connectivity index (χ4n) is 4.58. The summed E-state index contributed by atoms with van der Waals surface area (Å²) in [6.07, 6.45) is 0.910. The molecule has 2 atom stereocenters. The van der Waals surface area contributed by atoms with Crippen molar-refractivity contribution in [1.82, 2.24) is 14.8 Å². The Kier molecular flexibility index (Phi) is 4.69. The molecule has 0 unspecified atom stereocenters. The number of hydrogen-bond donors (Lipinski definition) is 1. The fourth-order valence-corrected chi connectivity index (χ4v) is 4.96. The number of para-hydroxylation sites is 1. The van der Waals surface area contributed by atoms with Crippen LogP contribution in [0.5, 0.6) is 11.5 Å². The Morgan fingerprint density at radius 1 is 1.06 bits per heavy atom. The number of anilines is 1. The van der Waals surface area contributed by atoms with Crippen LogP contribution >= 0.6 is 15.9 Å². The summed E-state index contributed by atoms with van der Waals surface area (Å²) in [5.74, 6) is 1.61. The topological polar surface area (TPSA) is 61.2 Å². The number of hydrogen-bond acceptors (Lipinski definition) is 5. The summed E-state index contributed by atoms with van der Waals surface area (Å²) in [6.45, 7) is 0. The van der Waals surface area contributed by atoms with Crippen LogP contribution in [0.15, 0.2) is 83.1 Å². The molecule has 0 saturated heterocycles. The molecule has 0 spiro atoms. The molecule has 4 aromatic rings. The molecule has 3 heterocycles. The molecule has 0 fully saturated rings. The van der Waals surface area contributed by atoms with E-state index in [1.807, 2.05) is 48.5 Å². The minimum absolute atomic E-state index is 0.323. The van der Waals surface area contributed by atoms with E-state index in [9.17, 15) is 0 Å². The van der Waals surface area contributed by atoms with Crippen molar-refractivity contribution in [2.24, 2.45) is 0 Å². The third-order valence-electron chi connectivity index (χ3n) is 6.00. The summed E-state index contributed by atoms with van der Waals surface area (Å²) in [5.41, 5.74) is 3.85. The van der Waals surface area contributed by atoms with Crippen molar-refractivity contribution < 1.29 is 13.9 Å². The monoisotopic (exact) mass is 504 g/mol. The molecule has 1 N–H and O–H groups in total. The van der Waals surface area contributed by atoms with Gasteiger partial charge in [-0.25, -0.2) is 9.07 Å². The van der Waals surface area contributed by atoms with Crippen molar-refractivity contribution in [2.45, 2.75) is 12.1 Å². The van der Waals surface area contributed by atoms with E-state index in [1.165, 1.54) is 12.4 Å². The average molecular weight is 505 g/mol. The van der Waals surface area contributed by atoms with Crippen LogP contribution in [-0.4, -0.2) is 21.9 Å². The summed E-state index contributed by atoms with van der Waals surface area (Å²) >= 11 is 3.57. The van der Waals surface area contributed by atoms with Crippen LogP contribution in [0.1, 0.15) is 28.8 Å². The second-order valence-corrected chi connectivity index (χ2v) is 8.70. The SMILES string of the molecule is COc1ccc(Br)cc1[C@@H]1Oc2ccccc2C2=C1[C@@H](c1ccccc1F)n1ncnc1N2. The molecule has 8 heteroatoms. The van der Waals surface area contributed by atoms with Crippen molar-refractivity contribution in [1.29, 1.82) is 0 Å². The van der Waals surface area contributed by atoms with Gasteiger partial charge in [-0.2, -0.15) is 10.1 Å². The molecule has 0 bridgehead atoms. The molecule has 2 aliphatic heterocycles. The number of halogens is 2. The quantitative estimate of drug-likeness (QED) is 0.385. The van der Waals surface area contributed by atoms with Gasteiger partial charge in [-0.05, 0) is 36.4 Å². The maximum Gasteiger partial charge on any atom is 0.226 e. The third kappa shape index (κ3) is 3.13. The van der Waals surface area contributed by atoms with Crippen molar-refractivity contribution in [3.63, 3.8) is 0 Å². The van der Waals surface area contributed by atoms with Crippen LogP contribution in [0, 0.1) is 5.82 Å². The van der Waals surface area contributed by atoms with E-state index in [0.29, 0.717) is 17.3 Å². The Hall–Kier alpha value is -3.65. The Labute approximate surface area is 197 Å². The van der Waals surface area contributed by atoms with Gasteiger partial charge in [0.25, 0.3) is 0 Å². The molecule has 6 rings (SSSR count). The predicted molar refractivity (Wildman–Crippen MR) is 126 cm³/mol. The Bertz CT molecular complexity index is 1420. The molecule has 164 valence electrons. The molecule has 2 aliphatic rings. The lowest BCUT2D eigenvalue weighted by Crippen LogP contribution is -2.33. The normalized spacial score (nSPS) is 18.5. The lowest BCUT2D eigenvalue weighted by molar-refractivity contribution is 0.217. The lowest BCUT2D eigenvalue weighted by atomic mass is 9.84. The van der Waals surface area contributed by atoms with Gasteiger partial charge in [0.15, 0.2) is 6.10 Å². The van der Waals surface area contributed by atoms with Crippen LogP contribution in [-0.2, 0) is 0 Å². The molecule has 6 nitrogen and oxygen atoms in total. The van der Waals surface area contributed by atoms with Crippen molar-refractivity contribution in [3.8, 4) is 11.5 Å². The highest BCUT2D eigenvalue weighted by Crippen LogP contribution is 2.52. The Morgan fingerprint density at radius 2 is 1.88 bits per heavy atom. The van der Waals surface area contributed by atoms with Crippen LogP contribution in [0.4, 0.5) is 10.3 Å². The molecule has 0 saturated carbocycles. The van der Waals surface area contributed by atoms with Crippen LogP contribution in [0.3, 0.4) is 0 Å². The van der Waals surface area contributed by atoms with Gasteiger partial charge in [0.2, 0.25) is 5.95 Å². The third-order valence-corrected chi connectivity index (χ3v) is 6.49. The fraction of sp³-hybridized carbons (Fsp3) is 0.120. The molecular weight excluding hydrogens is 487 g/mol. The standard InChI is InChI=1S/C25H18BrFN4O2/c1-32-19-11-10-14(26)12-17(19)24-21-22(16-7-3-5-9-20(16)33-24)30-25-28-13-29-31(25)23(21)15-6-2-4-8-18(15)27/h2-13,23-24H,1H3,(H,28,29,30)/t23-,24+/m1/s1. The number of rotatable bonds is 3. The van der Waals surface area contributed by atoms with E-state index >= 15 is 4.39 Å². The highest BCUT2D eigenvalue weighted by atomic mass is 79.9. The zero-order valence-corrected chi connectivity index (χ0v) is 19.1. The summed E-state index contributed by atoms with van der Waals surface area (Å²) in [5, 5.41) is 7.86. The predicted octanol–water partition coefficient (Wildman–Crippen LogP) is 5.75. The lowest BCUT2D eigenvalue weighted by Gasteiger charge is -2.39. The molecule has 0 amide bonds. The zero-order valence-electron chi connectivity index (χ0n) is 17.5. The van der Waals surface area contributed by atoms with Gasteiger partial charge in [0, 0.05) is 26.7 Å². The minimum atomic E-state index is -0.568. The maximum atomic E-state index is 15.2. The summed E-state index contributed by atoms with van der Waals surface area (Å²) in [7, 11) is 1.63. The van der Waals surface area contributed by atoms with E-state index < -0.39 is 12.1 Å². The summed E-state index contributed by atoms with van der Waals surface area (Å²) < 4.78 is 30.0. The summed E-state index contributed by atoms with van der Waals surface area (Å²) in [4.78, 5) is 4.38. The van der Waals surface area contributed by atoms with E-state index in [2.05, 4.69) is 31.3 Å². The highest BCUT2D eigenvalue weighted by Gasteiger charge is 2.42. The van der Waals surface area contributed by atoms with Gasteiger partial charge in [0.1, 0.15) is 29.7 Å². The number of aromatic nitrogens is 3. The number of methoxy groups -OCH3 is 1. The molecular formula is C25H18BrFN4O2. The maximum absolute atomic E-state index is 15.2. The second kappa shape index (κ2) is 7.74. The number of fused-ring (bicyclic) bond motifs is 3. The van der Waals surface area contributed by atoms with E-state index in [0.717, 1.165) is 32.6 Å². The Morgan fingerprint density at radius 3 is 2.73 bits per heavy atom.